The molecule has 0 aromatic carbocycles. The standard InChI is InChI=1S/C45H66F6N12/c1-58-37-10-28(46)25-4-19(37)22-7-43(31(49)13-40(22)58)61-17-35(53-55-61)26-5-20-24-9-45(33(51)15-42(24)59(2)38(20)11-29(26)47)63-18-36(54-57-63)27-6-21-23-8-44(62-16-34(25)52-56-62)32(50)14-41(23)60(3)39(21)12-30(27)48/h16-33,37-45,52-57H,4-15H2,1-3H3. The van der Waals surface area contributed by atoms with Crippen molar-refractivity contribution in [3.63, 3.8) is 0 Å². The topological polar surface area (TPSA) is 91.6 Å². The molecule has 348 valence electrons. The summed E-state index contributed by atoms with van der Waals surface area (Å²) in [4.78, 5) is 6.75. The summed E-state index contributed by atoms with van der Waals surface area (Å²) >= 11 is 0. The zero-order chi connectivity index (χ0) is 42.9. The molecule has 13 aliphatic rings. The van der Waals surface area contributed by atoms with Crippen LogP contribution in [-0.2, 0) is 0 Å². The molecule has 7 aliphatic heterocycles. The number of rotatable bonds is 0. The molecule has 63 heavy (non-hydrogen) atoms. The zero-order valence-corrected chi connectivity index (χ0v) is 36.5. The Balaban J connectivity index is 0.844. The second kappa shape index (κ2) is 14.7. The van der Waals surface area contributed by atoms with Gasteiger partial charge in [-0.05, 0) is 134 Å². The third-order valence-electron chi connectivity index (χ3n) is 20.3. The molecular formula is C45H66F6N12. The molecule has 9 fully saturated rings. The Kier molecular flexibility index (Phi) is 9.46. The highest BCUT2D eigenvalue weighted by molar-refractivity contribution is 5.22. The first-order valence-corrected chi connectivity index (χ1v) is 24.5. The van der Waals surface area contributed by atoms with Crippen molar-refractivity contribution in [3.8, 4) is 0 Å². The van der Waals surface area contributed by atoms with E-state index in [1.54, 1.807) is 0 Å². The molecule has 12 nitrogen and oxygen atoms in total. The van der Waals surface area contributed by atoms with Gasteiger partial charge < -0.3 is 16.3 Å². The molecule has 6 aliphatic carbocycles. The van der Waals surface area contributed by atoms with E-state index in [0.29, 0.717) is 77.0 Å². The number of hydrogen-bond acceptors (Lipinski definition) is 12. The second-order valence-electron chi connectivity index (χ2n) is 22.5. The van der Waals surface area contributed by atoms with Crippen molar-refractivity contribution in [1.82, 2.24) is 62.6 Å². The summed E-state index contributed by atoms with van der Waals surface area (Å²) in [5.41, 5.74) is 21.8. The number of likely N-dealkylation sites (tertiary alicyclic amines) is 3. The minimum absolute atomic E-state index is 0.00451. The van der Waals surface area contributed by atoms with Crippen LogP contribution in [0.5, 0.6) is 0 Å². The summed E-state index contributed by atoms with van der Waals surface area (Å²) in [5.74, 6) is -0.288. The number of nitrogens with zero attached hydrogens (tertiary/aromatic N) is 6. The molecule has 24 unspecified atom stereocenters. The fraction of sp³-hybridized carbons (Fsp3) is 0.867. The maximum absolute atomic E-state index is 16.5. The Morgan fingerprint density at radius 3 is 0.841 bits per heavy atom. The molecule has 6 N–H and O–H groups in total. The van der Waals surface area contributed by atoms with Crippen molar-refractivity contribution in [1.29, 1.82) is 0 Å². The van der Waals surface area contributed by atoms with E-state index in [2.05, 4.69) is 47.6 Å². The van der Waals surface area contributed by atoms with Gasteiger partial charge in [-0.2, -0.15) is 0 Å². The molecule has 0 radical (unpaired) electrons. The van der Waals surface area contributed by atoms with E-state index in [9.17, 15) is 0 Å². The Morgan fingerprint density at radius 1 is 0.333 bits per heavy atom. The lowest BCUT2D eigenvalue weighted by Crippen LogP contribution is -2.54. The van der Waals surface area contributed by atoms with E-state index in [1.165, 1.54) is 0 Å². The molecule has 0 spiro atoms. The fourth-order valence-electron chi connectivity index (χ4n) is 17.2. The minimum atomic E-state index is -1.13. The minimum Gasteiger partial charge on any atom is -0.306 e. The van der Waals surface area contributed by atoms with Crippen molar-refractivity contribution in [3.05, 3.63) is 35.7 Å². The lowest BCUT2D eigenvalue weighted by Gasteiger charge is -2.42. The fourth-order valence-corrected chi connectivity index (χ4v) is 17.2. The van der Waals surface area contributed by atoms with Gasteiger partial charge in [0.2, 0.25) is 0 Å². The summed E-state index contributed by atoms with van der Waals surface area (Å²) in [7, 11) is 6.12. The Labute approximate surface area is 366 Å². The largest absolute Gasteiger partial charge is 0.306 e. The number of halogens is 6. The molecule has 0 aromatic rings. The lowest BCUT2D eigenvalue weighted by atomic mass is 9.67. The molecule has 7 heterocycles. The highest BCUT2D eigenvalue weighted by Gasteiger charge is 2.61. The summed E-state index contributed by atoms with van der Waals surface area (Å²) < 4.78 is 98.8. The molecule has 0 aromatic heterocycles. The quantitative estimate of drug-likeness (QED) is 0.199. The van der Waals surface area contributed by atoms with E-state index in [4.69, 9.17) is 0 Å². The van der Waals surface area contributed by atoms with E-state index in [-0.39, 0.29) is 71.8 Å². The number of alkyl halides is 6. The van der Waals surface area contributed by atoms with E-state index in [0.717, 1.165) is 17.1 Å². The number of nitrogens with one attached hydrogen (secondary N) is 6. The van der Waals surface area contributed by atoms with Crippen LogP contribution in [0, 0.1) is 53.3 Å². The average Bonchev–Trinajstić information content (AvgIpc) is 4.14. The third kappa shape index (κ3) is 6.00. The molecule has 0 amide bonds. The predicted molar refractivity (Wildman–Crippen MR) is 222 cm³/mol. The molecule has 18 heteroatoms. The van der Waals surface area contributed by atoms with Gasteiger partial charge in [0.05, 0.1) is 35.2 Å². The van der Waals surface area contributed by atoms with Crippen LogP contribution in [-0.4, -0.2) is 142 Å². The normalized spacial score (nSPS) is 54.8. The van der Waals surface area contributed by atoms with Crippen molar-refractivity contribution in [2.75, 3.05) is 21.1 Å². The Bertz CT molecular complexity index is 1700. The van der Waals surface area contributed by atoms with Gasteiger partial charge in [-0.25, -0.2) is 26.3 Å². The maximum Gasteiger partial charge on any atom is 0.123 e. The van der Waals surface area contributed by atoms with E-state index < -0.39 is 72.9 Å². The second-order valence-corrected chi connectivity index (χ2v) is 22.5. The van der Waals surface area contributed by atoms with Crippen LogP contribution in [0.1, 0.15) is 77.0 Å². The van der Waals surface area contributed by atoms with Crippen molar-refractivity contribution < 1.29 is 26.3 Å². The number of hydrogen-bond donors (Lipinski definition) is 6. The van der Waals surface area contributed by atoms with Gasteiger partial charge in [0.25, 0.3) is 0 Å². The lowest BCUT2D eigenvalue weighted by molar-refractivity contribution is 0.0232. The smallest absolute Gasteiger partial charge is 0.123 e. The molecule has 24 atom stereocenters. The predicted octanol–water partition coefficient (Wildman–Crippen LogP) is 3.99. The van der Waals surface area contributed by atoms with Crippen molar-refractivity contribution in [2.24, 2.45) is 53.3 Å². The Morgan fingerprint density at radius 2 is 0.571 bits per heavy atom. The SMILES string of the molecule is CN1C2CC(F)C3CC2C2CC(C(F)CC21)N1C=C(NN1)C1CC2C4CC(C(F)CC4N(C)C2CC1F)N1C=C(NN1)C1CC2C4CC(C(F)CC4N(C)C2CC1F)N1C=C3NN1. The number of fused-ring (bicyclic) bond motifs is 15. The van der Waals surface area contributed by atoms with E-state index >= 15 is 26.3 Å². The third-order valence-corrected chi connectivity index (χ3v) is 20.3. The summed E-state index contributed by atoms with van der Waals surface area (Å²) in [6, 6.07) is -1.37. The summed E-state index contributed by atoms with van der Waals surface area (Å²) in [6.45, 7) is 0. The first kappa shape index (κ1) is 40.6. The van der Waals surface area contributed by atoms with Gasteiger partial charge in [-0.15, -0.1) is 16.6 Å². The van der Waals surface area contributed by atoms with Gasteiger partial charge in [0.1, 0.15) is 37.0 Å². The van der Waals surface area contributed by atoms with Gasteiger partial charge >= 0.3 is 0 Å². The van der Waals surface area contributed by atoms with Crippen LogP contribution in [0.25, 0.3) is 0 Å². The highest BCUT2D eigenvalue weighted by atomic mass is 19.2. The van der Waals surface area contributed by atoms with E-state index in [1.807, 2.05) is 54.8 Å². The number of hydrazine groups is 6. The van der Waals surface area contributed by atoms with Crippen LogP contribution in [0.4, 0.5) is 26.3 Å². The summed E-state index contributed by atoms with van der Waals surface area (Å²) in [6.07, 6.45) is 4.76. The monoisotopic (exact) mass is 889 g/mol. The first-order chi connectivity index (χ1) is 30.4. The van der Waals surface area contributed by atoms with Gasteiger partial charge in [0.15, 0.2) is 0 Å². The van der Waals surface area contributed by atoms with Crippen molar-refractivity contribution >= 4 is 0 Å². The van der Waals surface area contributed by atoms with Crippen LogP contribution < -0.4 is 32.9 Å². The molecule has 18 bridgehead atoms. The molecular weight excluding hydrogens is 823 g/mol. The zero-order valence-electron chi connectivity index (χ0n) is 36.5. The van der Waals surface area contributed by atoms with Crippen LogP contribution in [0.2, 0.25) is 0 Å². The van der Waals surface area contributed by atoms with Crippen LogP contribution in [0.15, 0.2) is 35.7 Å². The van der Waals surface area contributed by atoms with Crippen LogP contribution >= 0.6 is 0 Å². The summed E-state index contributed by atoms with van der Waals surface area (Å²) in [5, 5.41) is 5.51. The van der Waals surface area contributed by atoms with Gasteiger partial charge in [-0.1, -0.05) is 0 Å². The van der Waals surface area contributed by atoms with Crippen molar-refractivity contribution in [2.45, 2.75) is 168 Å². The number of allylic oxidation sites excluding steroid dienone is 3. The molecule has 6 saturated carbocycles. The first-order valence-electron chi connectivity index (χ1n) is 24.5. The van der Waals surface area contributed by atoms with Gasteiger partial charge in [0, 0.05) is 72.6 Å². The average molecular weight is 889 g/mol. The van der Waals surface area contributed by atoms with Gasteiger partial charge in [-0.3, -0.25) is 29.7 Å². The maximum atomic E-state index is 16.5. The highest BCUT2D eigenvalue weighted by Crippen LogP contribution is 2.56. The molecule has 3 saturated heterocycles. The van der Waals surface area contributed by atoms with Crippen LogP contribution in [0.3, 0.4) is 0 Å². The Hall–Kier alpha value is -2.64. The molecule has 13 rings (SSSR count).